The molecule has 4 saturated carbocycles. The van der Waals surface area contributed by atoms with Crippen LogP contribution >= 0.6 is 0 Å². The van der Waals surface area contributed by atoms with Crippen LogP contribution in [0.3, 0.4) is 0 Å². The minimum Gasteiger partial charge on any atom is -0.391 e. The van der Waals surface area contributed by atoms with E-state index in [2.05, 4.69) is 32.6 Å². The highest BCUT2D eigenvalue weighted by Gasteiger charge is 2.65. The minimum atomic E-state index is -0.777. The molecule has 0 aromatic rings. The molecule has 6 rings (SSSR count). The highest BCUT2D eigenvalue weighted by atomic mass is 16.7. The smallest absolute Gasteiger partial charge is 0.195 e. The molecule has 200 valence electrons. The first-order valence-corrected chi connectivity index (χ1v) is 14.6. The van der Waals surface area contributed by atoms with Crippen molar-refractivity contribution in [3.63, 3.8) is 0 Å². The number of hydrogen-bond donors (Lipinski definition) is 2. The molecular weight excluding hydrogens is 442 g/mol. The second-order valence-electron chi connectivity index (χ2n) is 14.2. The van der Waals surface area contributed by atoms with Crippen LogP contribution in [0, 0.1) is 40.4 Å². The summed E-state index contributed by atoms with van der Waals surface area (Å²) in [7, 11) is 0. The van der Waals surface area contributed by atoms with E-state index in [-0.39, 0.29) is 35.7 Å². The summed E-state index contributed by atoms with van der Waals surface area (Å²) in [6.45, 7) is 13.2. The van der Waals surface area contributed by atoms with Gasteiger partial charge in [0, 0.05) is 25.0 Å². The molecule has 0 aromatic carbocycles. The zero-order chi connectivity index (χ0) is 24.6. The topological polar surface area (TPSA) is 71.4 Å². The van der Waals surface area contributed by atoms with E-state index in [9.17, 15) is 10.2 Å². The lowest BCUT2D eigenvalue weighted by Gasteiger charge is -2.63. The van der Waals surface area contributed by atoms with Gasteiger partial charge >= 0.3 is 0 Å². The van der Waals surface area contributed by atoms with Crippen molar-refractivity contribution in [2.24, 2.45) is 40.4 Å². The lowest BCUT2D eigenvalue weighted by Crippen LogP contribution is -2.62. The standard InChI is InChI=1S/C29H49NO5/c1-26(2)17-30(11-12-33-26)23-16-28(4)19(15-24(23)32)5-6-20-21-7-8-25(27(21,3)10-9-22(20)28)29(18-31)34-13-14-35-29/h19-25,31-32H,5-18H2,1-4H3/t19-,20-,21-,22-,23-,24-,25-,27-,28-/m0/s1. The first-order chi connectivity index (χ1) is 16.6. The normalized spacial score (nSPS) is 51.4. The molecule has 2 aliphatic heterocycles. The number of morpholine rings is 1. The van der Waals surface area contributed by atoms with Crippen molar-refractivity contribution in [1.29, 1.82) is 0 Å². The molecule has 0 spiro atoms. The monoisotopic (exact) mass is 491 g/mol. The third kappa shape index (κ3) is 3.79. The highest BCUT2D eigenvalue weighted by molar-refractivity contribution is 5.13. The predicted molar refractivity (Wildman–Crippen MR) is 134 cm³/mol. The number of nitrogens with zero attached hydrogens (tertiary/aromatic N) is 1. The lowest BCUT2D eigenvalue weighted by atomic mass is 9.44. The van der Waals surface area contributed by atoms with Crippen molar-refractivity contribution >= 4 is 0 Å². The van der Waals surface area contributed by atoms with E-state index in [0.717, 1.165) is 50.8 Å². The van der Waals surface area contributed by atoms with Gasteiger partial charge in [-0.05, 0) is 99.7 Å². The quantitative estimate of drug-likeness (QED) is 0.625. The number of aliphatic hydroxyl groups excluding tert-OH is 2. The predicted octanol–water partition coefficient (Wildman–Crippen LogP) is 3.83. The molecule has 2 heterocycles. The number of aliphatic hydroxyl groups is 2. The van der Waals surface area contributed by atoms with Crippen LogP contribution < -0.4 is 0 Å². The summed E-state index contributed by atoms with van der Waals surface area (Å²) in [5.41, 5.74) is 0.340. The van der Waals surface area contributed by atoms with Gasteiger partial charge in [-0.25, -0.2) is 0 Å². The number of rotatable bonds is 3. The van der Waals surface area contributed by atoms with E-state index in [1.54, 1.807) is 0 Å². The van der Waals surface area contributed by atoms with Gasteiger partial charge < -0.3 is 24.4 Å². The summed E-state index contributed by atoms with van der Waals surface area (Å²) in [5, 5.41) is 21.6. The second-order valence-corrected chi connectivity index (χ2v) is 14.2. The molecule has 6 nitrogen and oxygen atoms in total. The molecule has 6 fully saturated rings. The molecule has 0 amide bonds. The maximum Gasteiger partial charge on any atom is 0.195 e. The van der Waals surface area contributed by atoms with Crippen LogP contribution in [0.1, 0.15) is 79.1 Å². The third-order valence-corrected chi connectivity index (χ3v) is 12.1. The lowest BCUT2D eigenvalue weighted by molar-refractivity contribution is -0.247. The summed E-state index contributed by atoms with van der Waals surface area (Å²) >= 11 is 0. The first-order valence-electron chi connectivity index (χ1n) is 14.6. The minimum absolute atomic E-state index is 0.0245. The van der Waals surface area contributed by atoms with Gasteiger partial charge in [0.15, 0.2) is 5.79 Å². The van der Waals surface area contributed by atoms with Crippen molar-refractivity contribution in [1.82, 2.24) is 4.90 Å². The molecule has 0 aromatic heterocycles. The van der Waals surface area contributed by atoms with Crippen LogP contribution in [0.2, 0.25) is 0 Å². The van der Waals surface area contributed by atoms with Gasteiger partial charge in [-0.1, -0.05) is 13.8 Å². The Morgan fingerprint density at radius 3 is 2.31 bits per heavy atom. The summed E-state index contributed by atoms with van der Waals surface area (Å²) in [6, 6.07) is 0.251. The van der Waals surface area contributed by atoms with E-state index in [1.807, 2.05) is 0 Å². The Labute approximate surface area is 212 Å². The van der Waals surface area contributed by atoms with E-state index in [1.165, 1.54) is 32.1 Å². The van der Waals surface area contributed by atoms with Gasteiger partial charge in [-0.2, -0.15) is 0 Å². The van der Waals surface area contributed by atoms with Crippen LogP contribution in [-0.4, -0.2) is 78.2 Å². The molecule has 35 heavy (non-hydrogen) atoms. The van der Waals surface area contributed by atoms with E-state index < -0.39 is 5.79 Å². The molecule has 0 bridgehead atoms. The van der Waals surface area contributed by atoms with Gasteiger partial charge in [-0.3, -0.25) is 4.90 Å². The fourth-order valence-electron chi connectivity index (χ4n) is 10.6. The number of fused-ring (bicyclic) bond motifs is 5. The molecule has 6 heteroatoms. The Morgan fingerprint density at radius 2 is 1.60 bits per heavy atom. The van der Waals surface area contributed by atoms with E-state index in [0.29, 0.717) is 30.5 Å². The van der Waals surface area contributed by atoms with E-state index in [4.69, 9.17) is 14.2 Å². The zero-order valence-corrected chi connectivity index (χ0v) is 22.5. The summed E-state index contributed by atoms with van der Waals surface area (Å²) in [4.78, 5) is 2.55. The molecule has 4 aliphatic carbocycles. The molecule has 2 saturated heterocycles. The number of ether oxygens (including phenoxy) is 3. The average molecular weight is 492 g/mol. The Bertz CT molecular complexity index is 798. The van der Waals surface area contributed by atoms with Crippen molar-refractivity contribution in [3.8, 4) is 0 Å². The molecule has 6 aliphatic rings. The maximum atomic E-state index is 11.3. The van der Waals surface area contributed by atoms with Crippen molar-refractivity contribution in [2.45, 2.75) is 103 Å². The van der Waals surface area contributed by atoms with Crippen molar-refractivity contribution < 1.29 is 24.4 Å². The van der Waals surface area contributed by atoms with Crippen molar-refractivity contribution in [2.75, 3.05) is 39.5 Å². The Morgan fingerprint density at radius 1 is 0.857 bits per heavy atom. The van der Waals surface area contributed by atoms with Gasteiger partial charge in [0.2, 0.25) is 0 Å². The van der Waals surface area contributed by atoms with Gasteiger partial charge in [-0.15, -0.1) is 0 Å². The first kappa shape index (κ1) is 25.1. The Kier molecular flexibility index (Phi) is 6.19. The van der Waals surface area contributed by atoms with Gasteiger partial charge in [0.1, 0.15) is 0 Å². The number of hydrogen-bond acceptors (Lipinski definition) is 6. The van der Waals surface area contributed by atoms with Crippen LogP contribution in [-0.2, 0) is 14.2 Å². The summed E-state index contributed by atoms with van der Waals surface area (Å²) in [5.74, 6) is 2.31. The van der Waals surface area contributed by atoms with Crippen LogP contribution in [0.25, 0.3) is 0 Å². The zero-order valence-electron chi connectivity index (χ0n) is 22.5. The Hall–Kier alpha value is -0.240. The maximum absolute atomic E-state index is 11.3. The van der Waals surface area contributed by atoms with Gasteiger partial charge in [0.05, 0.1) is 38.1 Å². The third-order valence-electron chi connectivity index (χ3n) is 12.1. The average Bonchev–Trinajstić information content (AvgIpc) is 3.43. The molecule has 2 N–H and O–H groups in total. The second kappa shape index (κ2) is 8.64. The summed E-state index contributed by atoms with van der Waals surface area (Å²) in [6.07, 6.45) is 9.23. The van der Waals surface area contributed by atoms with Crippen molar-refractivity contribution in [3.05, 3.63) is 0 Å². The van der Waals surface area contributed by atoms with Crippen LogP contribution in [0.5, 0.6) is 0 Å². The summed E-state index contributed by atoms with van der Waals surface area (Å²) < 4.78 is 18.3. The molecular formula is C29H49NO5. The van der Waals surface area contributed by atoms with Gasteiger partial charge in [0.25, 0.3) is 0 Å². The highest BCUT2D eigenvalue weighted by Crippen LogP contribution is 2.69. The molecule has 0 unspecified atom stereocenters. The fourth-order valence-corrected chi connectivity index (χ4v) is 10.6. The molecule has 9 atom stereocenters. The van der Waals surface area contributed by atoms with E-state index >= 15 is 0 Å². The fraction of sp³-hybridized carbons (Fsp3) is 1.00. The SMILES string of the molecule is CC1(C)CN([C@H]2C[C@@]3(C)[C@@H](CC[C@@H]4[C@@H]3CC[C@]3(C)[C@@H](C5(CO)OCCO5)CC[C@@H]43)C[C@@H]2O)CCO1. The van der Waals surface area contributed by atoms with Crippen LogP contribution in [0.4, 0.5) is 0 Å². The molecule has 0 radical (unpaired) electrons. The Balaban J connectivity index is 1.24. The largest absolute Gasteiger partial charge is 0.391 e. The van der Waals surface area contributed by atoms with Crippen LogP contribution in [0.15, 0.2) is 0 Å².